The molecule has 24 heavy (non-hydrogen) atoms. The van der Waals surface area contributed by atoms with Gasteiger partial charge in [-0.25, -0.2) is 4.98 Å². The van der Waals surface area contributed by atoms with Crippen molar-refractivity contribution in [3.8, 4) is 0 Å². The molecule has 0 aliphatic carbocycles. The van der Waals surface area contributed by atoms with Gasteiger partial charge in [0.2, 0.25) is 5.95 Å². The molecule has 0 aliphatic rings. The van der Waals surface area contributed by atoms with Crippen LogP contribution in [0.25, 0.3) is 0 Å². The zero-order valence-electron chi connectivity index (χ0n) is 15.8. The number of para-hydroxylation sites is 1. The summed E-state index contributed by atoms with van der Waals surface area (Å²) in [6.45, 7) is 11.8. The molecule has 1 N–H and O–H groups in total. The Labute approximate surface area is 146 Å². The van der Waals surface area contributed by atoms with Gasteiger partial charge in [0.15, 0.2) is 0 Å². The standard InChI is InChI=1S/C20H30N4/c1-7-8-12-24(6)20-21-16(5)13-18(23-20)22-19-15(4)10-9-11-17(19)14(2)3/h9-11,13-14H,7-8,12H2,1-6H3,(H,21,22,23). The Hall–Kier alpha value is -2.10. The van der Waals surface area contributed by atoms with E-state index in [1.54, 1.807) is 0 Å². The van der Waals surface area contributed by atoms with Crippen LogP contribution in [0.4, 0.5) is 17.5 Å². The van der Waals surface area contributed by atoms with Crippen molar-refractivity contribution in [2.24, 2.45) is 0 Å². The third-order valence-corrected chi connectivity index (χ3v) is 4.21. The van der Waals surface area contributed by atoms with Gasteiger partial charge >= 0.3 is 0 Å². The molecule has 1 heterocycles. The van der Waals surface area contributed by atoms with Crippen molar-refractivity contribution in [3.05, 3.63) is 41.1 Å². The first-order chi connectivity index (χ1) is 11.4. The second-order valence-corrected chi connectivity index (χ2v) is 6.79. The molecule has 4 nitrogen and oxygen atoms in total. The number of nitrogens with zero attached hydrogens (tertiary/aromatic N) is 3. The lowest BCUT2D eigenvalue weighted by Crippen LogP contribution is -2.21. The van der Waals surface area contributed by atoms with E-state index in [-0.39, 0.29) is 0 Å². The van der Waals surface area contributed by atoms with Crippen LogP contribution in [0, 0.1) is 13.8 Å². The number of aromatic nitrogens is 2. The Morgan fingerprint density at radius 2 is 1.92 bits per heavy atom. The maximum absolute atomic E-state index is 4.73. The average molecular weight is 326 g/mol. The van der Waals surface area contributed by atoms with E-state index in [4.69, 9.17) is 4.98 Å². The molecule has 130 valence electrons. The van der Waals surface area contributed by atoms with Crippen molar-refractivity contribution >= 4 is 17.5 Å². The molecule has 4 heteroatoms. The van der Waals surface area contributed by atoms with Gasteiger partial charge in [0.1, 0.15) is 5.82 Å². The molecule has 1 aromatic heterocycles. The molecule has 0 saturated heterocycles. The van der Waals surface area contributed by atoms with Crippen LogP contribution >= 0.6 is 0 Å². The average Bonchev–Trinajstić information content (AvgIpc) is 2.53. The maximum atomic E-state index is 4.73. The lowest BCUT2D eigenvalue weighted by Gasteiger charge is -2.20. The summed E-state index contributed by atoms with van der Waals surface area (Å²) in [4.78, 5) is 11.4. The van der Waals surface area contributed by atoms with Gasteiger partial charge < -0.3 is 10.2 Å². The molecule has 2 aromatic rings. The van der Waals surface area contributed by atoms with Crippen molar-refractivity contribution in [1.82, 2.24) is 9.97 Å². The van der Waals surface area contributed by atoms with Crippen LogP contribution in [0.2, 0.25) is 0 Å². The Balaban J connectivity index is 2.32. The zero-order valence-corrected chi connectivity index (χ0v) is 15.8. The van der Waals surface area contributed by atoms with E-state index >= 15 is 0 Å². The largest absolute Gasteiger partial charge is 0.344 e. The summed E-state index contributed by atoms with van der Waals surface area (Å²) in [6, 6.07) is 8.44. The smallest absolute Gasteiger partial charge is 0.227 e. The zero-order chi connectivity index (χ0) is 17.7. The fourth-order valence-corrected chi connectivity index (χ4v) is 2.75. The predicted octanol–water partition coefficient (Wildman–Crippen LogP) is 5.20. The highest BCUT2D eigenvalue weighted by molar-refractivity contribution is 5.66. The fourth-order valence-electron chi connectivity index (χ4n) is 2.75. The van der Waals surface area contributed by atoms with Crippen LogP contribution in [0.15, 0.2) is 24.3 Å². The fraction of sp³-hybridized carbons (Fsp3) is 0.500. The van der Waals surface area contributed by atoms with E-state index in [1.807, 2.05) is 13.0 Å². The summed E-state index contributed by atoms with van der Waals surface area (Å²) in [7, 11) is 2.06. The van der Waals surface area contributed by atoms with Crippen LogP contribution in [0.3, 0.4) is 0 Å². The van der Waals surface area contributed by atoms with E-state index < -0.39 is 0 Å². The molecule has 2 rings (SSSR count). The van der Waals surface area contributed by atoms with E-state index in [0.29, 0.717) is 5.92 Å². The summed E-state index contributed by atoms with van der Waals surface area (Å²) in [5.74, 6) is 2.10. The molecule has 0 radical (unpaired) electrons. The minimum absolute atomic E-state index is 0.460. The quantitative estimate of drug-likeness (QED) is 0.759. The van der Waals surface area contributed by atoms with Gasteiger partial charge in [0.05, 0.1) is 0 Å². The Morgan fingerprint density at radius 1 is 1.17 bits per heavy atom. The summed E-state index contributed by atoms with van der Waals surface area (Å²) >= 11 is 0. The maximum Gasteiger partial charge on any atom is 0.227 e. The van der Waals surface area contributed by atoms with Crippen LogP contribution in [0.5, 0.6) is 0 Å². The minimum Gasteiger partial charge on any atom is -0.344 e. The molecule has 0 fully saturated rings. The van der Waals surface area contributed by atoms with E-state index in [0.717, 1.165) is 36.1 Å². The first-order valence-electron chi connectivity index (χ1n) is 8.85. The van der Waals surface area contributed by atoms with Gasteiger partial charge in [-0.1, -0.05) is 45.4 Å². The number of unbranched alkanes of at least 4 members (excludes halogenated alkanes) is 1. The number of anilines is 3. The molecular weight excluding hydrogens is 296 g/mol. The van der Waals surface area contributed by atoms with Crippen LogP contribution in [0.1, 0.15) is 56.4 Å². The predicted molar refractivity (Wildman–Crippen MR) is 103 cm³/mol. The van der Waals surface area contributed by atoms with Crippen molar-refractivity contribution in [3.63, 3.8) is 0 Å². The monoisotopic (exact) mass is 326 g/mol. The van der Waals surface area contributed by atoms with Gasteiger partial charge in [-0.2, -0.15) is 4.98 Å². The second-order valence-electron chi connectivity index (χ2n) is 6.79. The first-order valence-corrected chi connectivity index (χ1v) is 8.85. The van der Waals surface area contributed by atoms with E-state index in [1.165, 1.54) is 17.5 Å². The number of benzene rings is 1. The molecule has 0 aliphatic heterocycles. The Kier molecular flexibility index (Phi) is 6.18. The van der Waals surface area contributed by atoms with Gasteiger partial charge in [-0.3, -0.25) is 0 Å². The first kappa shape index (κ1) is 18.2. The third kappa shape index (κ3) is 4.47. The summed E-state index contributed by atoms with van der Waals surface area (Å²) in [6.07, 6.45) is 2.31. The lowest BCUT2D eigenvalue weighted by molar-refractivity contribution is 0.749. The molecule has 0 spiro atoms. The highest BCUT2D eigenvalue weighted by Crippen LogP contribution is 2.30. The molecule has 1 aromatic carbocycles. The molecule has 0 atom stereocenters. The number of hydrogen-bond donors (Lipinski definition) is 1. The SMILES string of the molecule is CCCCN(C)c1nc(C)cc(Nc2c(C)cccc2C(C)C)n1. The molecular formula is C20H30N4. The highest BCUT2D eigenvalue weighted by Gasteiger charge is 2.12. The van der Waals surface area contributed by atoms with E-state index in [9.17, 15) is 0 Å². The second kappa shape index (κ2) is 8.13. The third-order valence-electron chi connectivity index (χ3n) is 4.21. The molecule has 0 amide bonds. The van der Waals surface area contributed by atoms with Crippen molar-refractivity contribution in [2.75, 3.05) is 23.8 Å². The van der Waals surface area contributed by atoms with Crippen LogP contribution in [-0.2, 0) is 0 Å². The number of nitrogens with one attached hydrogen (secondary N) is 1. The van der Waals surface area contributed by atoms with Gasteiger partial charge in [0, 0.05) is 31.0 Å². The summed E-state index contributed by atoms with van der Waals surface area (Å²) in [5, 5.41) is 3.54. The Bertz CT molecular complexity index is 679. The molecule has 0 saturated carbocycles. The van der Waals surface area contributed by atoms with Crippen LogP contribution in [-0.4, -0.2) is 23.6 Å². The minimum atomic E-state index is 0.460. The van der Waals surface area contributed by atoms with E-state index in [2.05, 4.69) is 68.1 Å². The topological polar surface area (TPSA) is 41.1 Å². The highest BCUT2D eigenvalue weighted by atomic mass is 15.2. The number of aryl methyl sites for hydroxylation is 2. The Morgan fingerprint density at radius 3 is 2.58 bits per heavy atom. The molecule has 0 bridgehead atoms. The number of rotatable bonds is 7. The van der Waals surface area contributed by atoms with Crippen molar-refractivity contribution < 1.29 is 0 Å². The summed E-state index contributed by atoms with van der Waals surface area (Å²) in [5.41, 5.74) is 4.68. The normalized spacial score (nSPS) is 11.0. The van der Waals surface area contributed by atoms with Gasteiger partial charge in [-0.05, 0) is 37.3 Å². The summed E-state index contributed by atoms with van der Waals surface area (Å²) < 4.78 is 0. The lowest BCUT2D eigenvalue weighted by atomic mass is 9.98. The van der Waals surface area contributed by atoms with Crippen molar-refractivity contribution in [2.45, 2.75) is 53.4 Å². The van der Waals surface area contributed by atoms with Gasteiger partial charge in [0.25, 0.3) is 0 Å². The molecule has 0 unspecified atom stereocenters. The van der Waals surface area contributed by atoms with Crippen LogP contribution < -0.4 is 10.2 Å². The van der Waals surface area contributed by atoms with Gasteiger partial charge in [-0.15, -0.1) is 0 Å². The number of hydrogen-bond acceptors (Lipinski definition) is 4. The van der Waals surface area contributed by atoms with Crippen molar-refractivity contribution in [1.29, 1.82) is 0 Å².